The summed E-state index contributed by atoms with van der Waals surface area (Å²) >= 11 is 11.6. The second-order valence-corrected chi connectivity index (χ2v) is 5.39. The molecule has 7 heteroatoms. The van der Waals surface area contributed by atoms with E-state index in [2.05, 4.69) is 5.32 Å². The number of carbonyl (C=O) groups excluding carboxylic acids is 1. The van der Waals surface area contributed by atoms with Crippen LogP contribution in [0.5, 0.6) is 0 Å². The Morgan fingerprint density at radius 3 is 2.43 bits per heavy atom. The van der Waals surface area contributed by atoms with Crippen LogP contribution in [-0.2, 0) is 11.0 Å². The third-order valence-electron chi connectivity index (χ3n) is 2.83. The van der Waals surface area contributed by atoms with Gasteiger partial charge in [-0.15, -0.1) is 0 Å². The van der Waals surface area contributed by atoms with Gasteiger partial charge in [-0.3, -0.25) is 4.79 Å². The minimum absolute atomic E-state index is 0.0589. The minimum Gasteiger partial charge on any atom is -0.322 e. The number of nitrogens with one attached hydrogen (secondary N) is 1. The smallest absolute Gasteiger partial charge is 0.322 e. The average Bonchev–Trinajstić information content (AvgIpc) is 2.48. The van der Waals surface area contributed by atoms with E-state index in [-0.39, 0.29) is 5.69 Å². The monoisotopic (exact) mass is 359 g/mol. The van der Waals surface area contributed by atoms with Gasteiger partial charge in [-0.25, -0.2) is 0 Å². The Hall–Kier alpha value is -1.98. The van der Waals surface area contributed by atoms with Crippen LogP contribution < -0.4 is 5.32 Å². The number of halogens is 5. The van der Waals surface area contributed by atoms with Gasteiger partial charge in [0.15, 0.2) is 0 Å². The normalized spacial score (nSPS) is 11.7. The van der Waals surface area contributed by atoms with Crippen LogP contribution >= 0.6 is 23.2 Å². The Balaban J connectivity index is 2.07. The zero-order chi connectivity index (χ0) is 17.0. The molecular weight excluding hydrogens is 350 g/mol. The summed E-state index contributed by atoms with van der Waals surface area (Å²) in [6, 6.07) is 9.20. The Kier molecular flexibility index (Phi) is 5.34. The molecule has 2 nitrogen and oxygen atoms in total. The van der Waals surface area contributed by atoms with Crippen molar-refractivity contribution in [1.29, 1.82) is 0 Å². The second kappa shape index (κ2) is 7.06. The minimum atomic E-state index is -4.46. The first kappa shape index (κ1) is 17.4. The van der Waals surface area contributed by atoms with Gasteiger partial charge in [-0.05, 0) is 42.0 Å². The van der Waals surface area contributed by atoms with E-state index in [1.165, 1.54) is 24.3 Å². The van der Waals surface area contributed by atoms with Crippen LogP contribution in [0, 0.1) is 0 Å². The van der Waals surface area contributed by atoms with E-state index in [1.807, 2.05) is 0 Å². The highest BCUT2D eigenvalue weighted by atomic mass is 35.5. The summed E-state index contributed by atoms with van der Waals surface area (Å²) in [6.07, 6.45) is -1.79. The van der Waals surface area contributed by atoms with E-state index in [1.54, 1.807) is 18.2 Å². The van der Waals surface area contributed by atoms with Crippen molar-refractivity contribution in [3.05, 3.63) is 69.7 Å². The number of benzene rings is 2. The predicted molar refractivity (Wildman–Crippen MR) is 85.6 cm³/mol. The fourth-order valence-electron chi connectivity index (χ4n) is 1.75. The van der Waals surface area contributed by atoms with Crippen molar-refractivity contribution in [3.63, 3.8) is 0 Å². The van der Waals surface area contributed by atoms with Gasteiger partial charge in [0.25, 0.3) is 0 Å². The number of hydrogen-bond donors (Lipinski definition) is 1. The number of carbonyl (C=O) groups is 1. The highest BCUT2D eigenvalue weighted by Crippen LogP contribution is 2.30. The number of hydrogen-bond acceptors (Lipinski definition) is 1. The van der Waals surface area contributed by atoms with Crippen molar-refractivity contribution < 1.29 is 18.0 Å². The Labute approximate surface area is 140 Å². The van der Waals surface area contributed by atoms with Crippen LogP contribution in [0.3, 0.4) is 0 Å². The SMILES string of the molecule is O=C(C=Cc1ccc(Cl)c(Cl)c1)Nc1cccc(C(F)(F)F)c1. The van der Waals surface area contributed by atoms with Crippen LogP contribution in [0.1, 0.15) is 11.1 Å². The zero-order valence-corrected chi connectivity index (χ0v) is 13.0. The molecule has 0 aliphatic heterocycles. The molecule has 1 N–H and O–H groups in total. The first-order chi connectivity index (χ1) is 10.8. The van der Waals surface area contributed by atoms with Crippen molar-refractivity contribution in [2.45, 2.75) is 6.18 Å². The van der Waals surface area contributed by atoms with Crippen LogP contribution in [0.2, 0.25) is 10.0 Å². The molecule has 120 valence electrons. The lowest BCUT2D eigenvalue weighted by Crippen LogP contribution is -2.10. The van der Waals surface area contributed by atoms with E-state index in [0.29, 0.717) is 15.6 Å². The second-order valence-electron chi connectivity index (χ2n) is 4.57. The zero-order valence-electron chi connectivity index (χ0n) is 11.5. The standard InChI is InChI=1S/C16H10Cl2F3NO/c17-13-6-4-10(8-14(13)18)5-7-15(23)22-12-3-1-2-11(9-12)16(19,20)21/h1-9H,(H,22,23). The summed E-state index contributed by atoms with van der Waals surface area (Å²) in [6.45, 7) is 0. The van der Waals surface area contributed by atoms with Gasteiger partial charge >= 0.3 is 6.18 Å². The van der Waals surface area contributed by atoms with Crippen molar-refractivity contribution in [2.24, 2.45) is 0 Å². The fourth-order valence-corrected chi connectivity index (χ4v) is 2.05. The molecule has 0 bridgehead atoms. The van der Waals surface area contributed by atoms with E-state index in [4.69, 9.17) is 23.2 Å². The van der Waals surface area contributed by atoms with Crippen LogP contribution in [-0.4, -0.2) is 5.91 Å². The number of alkyl halides is 3. The maximum Gasteiger partial charge on any atom is 0.416 e. The largest absolute Gasteiger partial charge is 0.416 e. The molecule has 23 heavy (non-hydrogen) atoms. The van der Waals surface area contributed by atoms with Gasteiger partial charge in [0, 0.05) is 11.8 Å². The predicted octanol–water partition coefficient (Wildman–Crippen LogP) is 5.66. The third kappa shape index (κ3) is 5.01. The maximum atomic E-state index is 12.6. The van der Waals surface area contributed by atoms with Gasteiger partial charge < -0.3 is 5.32 Å². The molecule has 0 spiro atoms. The fraction of sp³-hybridized carbons (Fsp3) is 0.0625. The highest BCUT2D eigenvalue weighted by Gasteiger charge is 2.30. The molecule has 0 atom stereocenters. The van der Waals surface area contributed by atoms with Gasteiger partial charge in [0.2, 0.25) is 5.91 Å². The van der Waals surface area contributed by atoms with Crippen molar-refractivity contribution in [3.8, 4) is 0 Å². The van der Waals surface area contributed by atoms with Gasteiger partial charge in [-0.1, -0.05) is 35.3 Å². The average molecular weight is 360 g/mol. The quantitative estimate of drug-likeness (QED) is 0.703. The van der Waals surface area contributed by atoms with Crippen LogP contribution in [0.4, 0.5) is 18.9 Å². The molecule has 0 saturated carbocycles. The van der Waals surface area contributed by atoms with Crippen molar-refractivity contribution in [2.75, 3.05) is 5.32 Å². The molecular formula is C16H10Cl2F3NO. The molecule has 0 aromatic heterocycles. The van der Waals surface area contributed by atoms with Crippen LogP contribution in [0.25, 0.3) is 6.08 Å². The third-order valence-corrected chi connectivity index (χ3v) is 3.57. The molecule has 0 aliphatic carbocycles. The van der Waals surface area contributed by atoms with Crippen molar-refractivity contribution >= 4 is 40.9 Å². The molecule has 0 unspecified atom stereocenters. The Bertz CT molecular complexity index is 757. The lowest BCUT2D eigenvalue weighted by Gasteiger charge is -2.08. The van der Waals surface area contributed by atoms with E-state index in [0.717, 1.165) is 12.1 Å². The van der Waals surface area contributed by atoms with Gasteiger partial charge in [0.05, 0.1) is 15.6 Å². The van der Waals surface area contributed by atoms with E-state index in [9.17, 15) is 18.0 Å². The molecule has 0 fully saturated rings. The maximum absolute atomic E-state index is 12.6. The first-order valence-corrected chi connectivity index (χ1v) is 7.13. The topological polar surface area (TPSA) is 29.1 Å². The molecule has 0 saturated heterocycles. The summed E-state index contributed by atoms with van der Waals surface area (Å²) < 4.78 is 37.8. The van der Waals surface area contributed by atoms with Crippen LogP contribution in [0.15, 0.2) is 48.5 Å². The first-order valence-electron chi connectivity index (χ1n) is 6.37. The summed E-state index contributed by atoms with van der Waals surface area (Å²) in [5.74, 6) is -0.560. The Morgan fingerprint density at radius 2 is 1.78 bits per heavy atom. The van der Waals surface area contributed by atoms with E-state index < -0.39 is 17.6 Å². The number of amides is 1. The van der Waals surface area contributed by atoms with E-state index >= 15 is 0 Å². The molecule has 2 aromatic rings. The lowest BCUT2D eigenvalue weighted by molar-refractivity contribution is -0.137. The Morgan fingerprint density at radius 1 is 1.04 bits per heavy atom. The summed E-state index contributed by atoms with van der Waals surface area (Å²) in [5.41, 5.74) is -0.133. The number of rotatable bonds is 3. The van der Waals surface area contributed by atoms with Gasteiger partial charge in [-0.2, -0.15) is 13.2 Å². The molecule has 0 aliphatic rings. The van der Waals surface area contributed by atoms with Crippen molar-refractivity contribution in [1.82, 2.24) is 0 Å². The summed E-state index contributed by atoms with van der Waals surface area (Å²) in [4.78, 5) is 11.8. The summed E-state index contributed by atoms with van der Waals surface area (Å²) in [7, 11) is 0. The molecule has 0 radical (unpaired) electrons. The molecule has 2 rings (SSSR count). The van der Waals surface area contributed by atoms with Gasteiger partial charge in [0.1, 0.15) is 0 Å². The molecule has 2 aromatic carbocycles. The molecule has 0 heterocycles. The highest BCUT2D eigenvalue weighted by molar-refractivity contribution is 6.42. The number of anilines is 1. The molecule has 1 amide bonds. The summed E-state index contributed by atoms with van der Waals surface area (Å²) in [5, 5.41) is 3.09. The lowest BCUT2D eigenvalue weighted by atomic mass is 10.2.